The van der Waals surface area contributed by atoms with Gasteiger partial charge in [-0.25, -0.2) is 4.98 Å². The van der Waals surface area contributed by atoms with Crippen molar-refractivity contribution in [2.24, 2.45) is 0 Å². The Morgan fingerprint density at radius 1 is 1.17 bits per heavy atom. The minimum absolute atomic E-state index is 0.306. The van der Waals surface area contributed by atoms with E-state index in [4.69, 9.17) is 0 Å². The van der Waals surface area contributed by atoms with Crippen molar-refractivity contribution < 1.29 is 13.2 Å². The molecule has 0 aliphatic heterocycles. The first-order chi connectivity index (χ1) is 8.39. The van der Waals surface area contributed by atoms with Gasteiger partial charge in [-0.3, -0.25) is 4.79 Å². The summed E-state index contributed by atoms with van der Waals surface area (Å²) in [5.41, 5.74) is 0.199. The summed E-state index contributed by atoms with van der Waals surface area (Å²) >= 11 is 0. The smallest absolute Gasteiger partial charge is 0.313 e. The number of aromatic amines is 1. The van der Waals surface area contributed by atoms with Gasteiger partial charge in [0.15, 0.2) is 0 Å². The quantitative estimate of drug-likeness (QED) is 0.850. The number of halogens is 3. The molecule has 0 radical (unpaired) electrons. The van der Waals surface area contributed by atoms with E-state index in [0.717, 1.165) is 12.1 Å². The molecule has 0 unspecified atom stereocenters. The van der Waals surface area contributed by atoms with Crippen LogP contribution in [-0.2, 0) is 6.18 Å². The van der Waals surface area contributed by atoms with Crippen molar-refractivity contribution in [3.05, 3.63) is 52.1 Å². The summed E-state index contributed by atoms with van der Waals surface area (Å²) in [4.78, 5) is 17.7. The van der Waals surface area contributed by atoms with Crippen LogP contribution in [0.4, 0.5) is 13.2 Å². The van der Waals surface area contributed by atoms with Crippen LogP contribution in [0, 0.1) is 6.92 Å². The van der Waals surface area contributed by atoms with Gasteiger partial charge in [-0.2, -0.15) is 13.2 Å². The summed E-state index contributed by atoms with van der Waals surface area (Å²) in [5.74, 6) is 0. The van der Waals surface area contributed by atoms with Crippen LogP contribution in [0.2, 0.25) is 0 Å². The molecule has 2 aromatic rings. The molecule has 18 heavy (non-hydrogen) atoms. The molecule has 1 aromatic heterocycles. The third-order valence-electron chi connectivity index (χ3n) is 2.57. The Morgan fingerprint density at radius 3 is 2.33 bits per heavy atom. The maximum absolute atomic E-state index is 12.4. The first-order valence-electron chi connectivity index (χ1n) is 5.11. The second-order valence-corrected chi connectivity index (χ2v) is 3.78. The minimum atomic E-state index is -4.37. The Hall–Kier alpha value is -2.11. The van der Waals surface area contributed by atoms with Crippen LogP contribution < -0.4 is 5.56 Å². The van der Waals surface area contributed by atoms with Gasteiger partial charge in [0.2, 0.25) is 0 Å². The van der Waals surface area contributed by atoms with Gasteiger partial charge in [-0.05, 0) is 19.1 Å². The highest BCUT2D eigenvalue weighted by Crippen LogP contribution is 2.30. The first-order valence-corrected chi connectivity index (χ1v) is 5.11. The molecule has 1 aromatic carbocycles. The maximum atomic E-state index is 12.4. The second kappa shape index (κ2) is 4.29. The zero-order valence-electron chi connectivity index (χ0n) is 9.38. The molecular weight excluding hydrogens is 245 g/mol. The fraction of sp³-hybridized carbons (Fsp3) is 0.167. The van der Waals surface area contributed by atoms with Gasteiger partial charge in [0.1, 0.15) is 0 Å². The van der Waals surface area contributed by atoms with Gasteiger partial charge in [-0.1, -0.05) is 12.1 Å². The highest BCUT2D eigenvalue weighted by atomic mass is 19.4. The molecule has 1 N–H and O–H groups in total. The van der Waals surface area contributed by atoms with Gasteiger partial charge in [-0.15, -0.1) is 0 Å². The van der Waals surface area contributed by atoms with Crippen LogP contribution in [0.1, 0.15) is 11.1 Å². The lowest BCUT2D eigenvalue weighted by Crippen LogP contribution is -2.11. The summed E-state index contributed by atoms with van der Waals surface area (Å²) in [5, 5.41) is 0. The number of alkyl halides is 3. The van der Waals surface area contributed by atoms with E-state index in [9.17, 15) is 18.0 Å². The Labute approximate surface area is 100 Å². The molecule has 0 aliphatic carbocycles. The van der Waals surface area contributed by atoms with Crippen molar-refractivity contribution in [2.75, 3.05) is 0 Å². The van der Waals surface area contributed by atoms with Crippen LogP contribution in [0.15, 0.2) is 35.4 Å². The van der Waals surface area contributed by atoms with Crippen molar-refractivity contribution >= 4 is 0 Å². The third-order valence-corrected chi connectivity index (χ3v) is 2.57. The lowest BCUT2D eigenvalue weighted by atomic mass is 10.1. The molecule has 0 saturated carbocycles. The van der Waals surface area contributed by atoms with Gasteiger partial charge < -0.3 is 4.98 Å². The summed E-state index contributed by atoms with van der Waals surface area (Å²) in [7, 11) is 0. The Morgan fingerprint density at radius 2 is 1.78 bits per heavy atom. The molecule has 0 saturated heterocycles. The van der Waals surface area contributed by atoms with Gasteiger partial charge >= 0.3 is 6.18 Å². The monoisotopic (exact) mass is 254 g/mol. The lowest BCUT2D eigenvalue weighted by Gasteiger charge is -2.08. The first kappa shape index (κ1) is 12.3. The number of nitrogens with zero attached hydrogens (tertiary/aromatic N) is 1. The summed E-state index contributed by atoms with van der Waals surface area (Å²) in [6.45, 7) is 1.57. The molecule has 0 aliphatic rings. The van der Waals surface area contributed by atoms with Crippen molar-refractivity contribution in [1.29, 1.82) is 0 Å². The number of hydrogen-bond donors (Lipinski definition) is 1. The highest BCUT2D eigenvalue weighted by Gasteiger charge is 2.30. The molecule has 3 nitrogen and oxygen atoms in total. The fourth-order valence-corrected chi connectivity index (χ4v) is 1.58. The molecule has 94 valence electrons. The third kappa shape index (κ3) is 2.27. The SMILES string of the molecule is Cc1c(-c2ccc(C(F)(F)F)cc2)nc[nH]c1=O. The molecule has 1 heterocycles. The van der Waals surface area contributed by atoms with Crippen LogP contribution in [0.25, 0.3) is 11.3 Å². The van der Waals surface area contributed by atoms with Crippen molar-refractivity contribution in [1.82, 2.24) is 9.97 Å². The van der Waals surface area contributed by atoms with E-state index in [1.165, 1.54) is 18.5 Å². The number of hydrogen-bond acceptors (Lipinski definition) is 2. The van der Waals surface area contributed by atoms with Crippen LogP contribution >= 0.6 is 0 Å². The molecule has 0 atom stereocenters. The standard InChI is InChI=1S/C12H9F3N2O/c1-7-10(16-6-17-11(7)18)8-2-4-9(5-3-8)12(13,14)15/h2-6H,1H3,(H,16,17,18). The van der Waals surface area contributed by atoms with E-state index < -0.39 is 11.7 Å². The second-order valence-electron chi connectivity index (χ2n) is 3.78. The average molecular weight is 254 g/mol. The molecule has 0 fully saturated rings. The maximum Gasteiger partial charge on any atom is 0.416 e. The van der Waals surface area contributed by atoms with Crippen LogP contribution in [-0.4, -0.2) is 9.97 Å². The zero-order chi connectivity index (χ0) is 13.3. The number of nitrogens with one attached hydrogen (secondary N) is 1. The van der Waals surface area contributed by atoms with Crippen LogP contribution in [0.5, 0.6) is 0 Å². The molecule has 0 amide bonds. The molecule has 0 spiro atoms. The Balaban J connectivity index is 2.47. The Bertz CT molecular complexity index is 614. The molecule has 2 rings (SSSR count). The number of rotatable bonds is 1. The number of aromatic nitrogens is 2. The molecule has 0 bridgehead atoms. The average Bonchev–Trinajstić information content (AvgIpc) is 2.32. The molecule has 6 heteroatoms. The largest absolute Gasteiger partial charge is 0.416 e. The normalized spacial score (nSPS) is 11.6. The van der Waals surface area contributed by atoms with E-state index in [0.29, 0.717) is 16.8 Å². The van der Waals surface area contributed by atoms with E-state index in [2.05, 4.69) is 9.97 Å². The lowest BCUT2D eigenvalue weighted by molar-refractivity contribution is -0.137. The number of benzene rings is 1. The van der Waals surface area contributed by atoms with E-state index in [1.807, 2.05) is 0 Å². The summed E-state index contributed by atoms with van der Waals surface area (Å²) in [6, 6.07) is 4.55. The fourth-order valence-electron chi connectivity index (χ4n) is 1.58. The Kier molecular flexibility index (Phi) is 2.94. The number of H-pyrrole nitrogens is 1. The minimum Gasteiger partial charge on any atom is -0.313 e. The van der Waals surface area contributed by atoms with Crippen molar-refractivity contribution in [3.8, 4) is 11.3 Å². The zero-order valence-corrected chi connectivity index (χ0v) is 9.38. The van der Waals surface area contributed by atoms with Crippen molar-refractivity contribution in [2.45, 2.75) is 13.1 Å². The van der Waals surface area contributed by atoms with Gasteiger partial charge in [0.25, 0.3) is 5.56 Å². The highest BCUT2D eigenvalue weighted by molar-refractivity contribution is 5.62. The molecular formula is C12H9F3N2O. The van der Waals surface area contributed by atoms with Gasteiger partial charge in [0, 0.05) is 11.1 Å². The predicted octanol–water partition coefficient (Wildman–Crippen LogP) is 2.76. The van der Waals surface area contributed by atoms with E-state index in [1.54, 1.807) is 6.92 Å². The summed E-state index contributed by atoms with van der Waals surface area (Å²) in [6.07, 6.45) is -3.14. The topological polar surface area (TPSA) is 45.8 Å². The predicted molar refractivity (Wildman–Crippen MR) is 60.0 cm³/mol. The van der Waals surface area contributed by atoms with Crippen LogP contribution in [0.3, 0.4) is 0 Å². The van der Waals surface area contributed by atoms with Crippen molar-refractivity contribution in [3.63, 3.8) is 0 Å². The van der Waals surface area contributed by atoms with E-state index in [-0.39, 0.29) is 5.56 Å². The summed E-state index contributed by atoms with van der Waals surface area (Å²) < 4.78 is 37.2. The van der Waals surface area contributed by atoms with Gasteiger partial charge in [0.05, 0.1) is 17.6 Å². The van der Waals surface area contributed by atoms with E-state index >= 15 is 0 Å².